The third-order valence-corrected chi connectivity index (χ3v) is 4.12. The van der Waals surface area contributed by atoms with Crippen LogP contribution in [0.2, 0.25) is 5.02 Å². The van der Waals surface area contributed by atoms with Crippen LogP contribution in [-0.2, 0) is 0 Å². The third-order valence-electron chi connectivity index (χ3n) is 3.88. The Morgan fingerprint density at radius 3 is 2.48 bits per heavy atom. The van der Waals surface area contributed by atoms with Crippen LogP contribution >= 0.6 is 11.6 Å². The molecule has 0 heterocycles. The number of hydrogen-bond acceptors (Lipinski definition) is 2. The average molecular weight is 304 g/mol. The highest BCUT2D eigenvalue weighted by atomic mass is 35.5. The van der Waals surface area contributed by atoms with Gasteiger partial charge < -0.3 is 10.1 Å². The Bertz CT molecular complexity index is 612. The monoisotopic (exact) mass is 303 g/mol. The van der Waals surface area contributed by atoms with Crippen LogP contribution < -0.4 is 10.1 Å². The summed E-state index contributed by atoms with van der Waals surface area (Å²) >= 11 is 6.01. The van der Waals surface area contributed by atoms with Crippen molar-refractivity contribution >= 4 is 11.6 Å². The number of nitrogens with one attached hydrogen (secondary N) is 1. The molecule has 0 saturated carbocycles. The molecule has 2 aromatic carbocycles. The van der Waals surface area contributed by atoms with Gasteiger partial charge in [-0.15, -0.1) is 0 Å². The molecule has 0 aliphatic heterocycles. The first-order valence-electron chi connectivity index (χ1n) is 7.18. The number of rotatable bonds is 5. The Balaban J connectivity index is 2.22. The summed E-state index contributed by atoms with van der Waals surface area (Å²) in [6, 6.07) is 14.0. The van der Waals surface area contributed by atoms with Gasteiger partial charge in [-0.3, -0.25) is 0 Å². The quantitative estimate of drug-likeness (QED) is 0.865. The molecule has 0 saturated heterocycles. The van der Waals surface area contributed by atoms with Crippen LogP contribution in [0.4, 0.5) is 0 Å². The largest absolute Gasteiger partial charge is 0.489 e. The van der Waals surface area contributed by atoms with Gasteiger partial charge in [0, 0.05) is 5.02 Å². The molecule has 3 heteroatoms. The second-order valence-corrected chi connectivity index (χ2v) is 5.77. The molecular formula is C18H22ClNO. The summed E-state index contributed by atoms with van der Waals surface area (Å²) in [4.78, 5) is 0. The molecule has 2 nitrogen and oxygen atoms in total. The van der Waals surface area contributed by atoms with E-state index in [4.69, 9.17) is 16.3 Å². The van der Waals surface area contributed by atoms with E-state index < -0.39 is 0 Å². The molecule has 0 spiro atoms. The average Bonchev–Trinajstić information content (AvgIpc) is 2.44. The maximum atomic E-state index is 6.05. The highest BCUT2D eigenvalue weighted by Gasteiger charge is 2.21. The SMILES string of the molecule is CNC(c1cccc(C)c1C)C(C)Oc1cccc(Cl)c1. The molecule has 0 fully saturated rings. The van der Waals surface area contributed by atoms with E-state index in [2.05, 4.69) is 44.3 Å². The molecular weight excluding hydrogens is 282 g/mol. The van der Waals surface area contributed by atoms with E-state index in [0.717, 1.165) is 5.75 Å². The summed E-state index contributed by atoms with van der Waals surface area (Å²) in [5, 5.41) is 4.05. The second kappa shape index (κ2) is 6.97. The van der Waals surface area contributed by atoms with E-state index in [1.807, 2.05) is 31.3 Å². The number of hydrogen-bond donors (Lipinski definition) is 1. The Kier molecular flexibility index (Phi) is 5.27. The predicted molar refractivity (Wildman–Crippen MR) is 89.3 cm³/mol. The van der Waals surface area contributed by atoms with Gasteiger partial charge in [0.1, 0.15) is 11.9 Å². The zero-order valence-corrected chi connectivity index (χ0v) is 13.7. The van der Waals surface area contributed by atoms with Crippen LogP contribution in [0.3, 0.4) is 0 Å². The van der Waals surface area contributed by atoms with E-state index in [-0.39, 0.29) is 12.1 Å². The zero-order chi connectivity index (χ0) is 15.4. The Hall–Kier alpha value is -1.51. The van der Waals surface area contributed by atoms with Gasteiger partial charge >= 0.3 is 0 Å². The van der Waals surface area contributed by atoms with Gasteiger partial charge in [-0.2, -0.15) is 0 Å². The molecule has 2 rings (SSSR count). The molecule has 112 valence electrons. The van der Waals surface area contributed by atoms with Crippen molar-refractivity contribution in [2.45, 2.75) is 32.9 Å². The van der Waals surface area contributed by atoms with Gasteiger partial charge in [-0.25, -0.2) is 0 Å². The summed E-state index contributed by atoms with van der Waals surface area (Å²) in [5.41, 5.74) is 3.87. The maximum Gasteiger partial charge on any atom is 0.121 e. The Labute approximate surface area is 132 Å². The summed E-state index contributed by atoms with van der Waals surface area (Å²) in [6.07, 6.45) is -0.00559. The standard InChI is InChI=1S/C18H22ClNO/c1-12-7-5-10-17(13(12)2)18(20-4)14(3)21-16-9-6-8-15(19)11-16/h5-11,14,18,20H,1-4H3. The predicted octanol–water partition coefficient (Wildman–Crippen LogP) is 4.68. The third kappa shape index (κ3) is 3.78. The number of likely N-dealkylation sites (N-methyl/N-ethyl adjacent to an activating group) is 1. The molecule has 21 heavy (non-hydrogen) atoms. The van der Waals surface area contributed by atoms with Crippen LogP contribution in [-0.4, -0.2) is 13.2 Å². The van der Waals surface area contributed by atoms with Crippen molar-refractivity contribution in [1.29, 1.82) is 0 Å². The molecule has 2 unspecified atom stereocenters. The van der Waals surface area contributed by atoms with Crippen molar-refractivity contribution < 1.29 is 4.74 Å². The number of aryl methyl sites for hydroxylation is 1. The topological polar surface area (TPSA) is 21.3 Å². The fourth-order valence-electron chi connectivity index (χ4n) is 2.58. The molecule has 2 atom stereocenters. The fourth-order valence-corrected chi connectivity index (χ4v) is 2.76. The molecule has 0 aromatic heterocycles. The van der Waals surface area contributed by atoms with Crippen LogP contribution in [0.5, 0.6) is 5.75 Å². The van der Waals surface area contributed by atoms with Gasteiger partial charge in [-0.1, -0.05) is 35.9 Å². The molecule has 0 aliphatic rings. The first-order valence-corrected chi connectivity index (χ1v) is 7.56. The van der Waals surface area contributed by atoms with E-state index in [1.54, 1.807) is 0 Å². The van der Waals surface area contributed by atoms with Crippen molar-refractivity contribution in [2.75, 3.05) is 7.05 Å². The summed E-state index contributed by atoms with van der Waals surface area (Å²) in [7, 11) is 1.96. The van der Waals surface area contributed by atoms with Gasteiger partial charge in [0.2, 0.25) is 0 Å². The lowest BCUT2D eigenvalue weighted by atomic mass is 9.94. The summed E-state index contributed by atoms with van der Waals surface area (Å²) < 4.78 is 6.05. The molecule has 0 amide bonds. The van der Waals surface area contributed by atoms with Gasteiger partial charge in [0.25, 0.3) is 0 Å². The number of ether oxygens (including phenoxy) is 1. The normalized spacial score (nSPS) is 13.8. The lowest BCUT2D eigenvalue weighted by molar-refractivity contribution is 0.175. The zero-order valence-electron chi connectivity index (χ0n) is 13.0. The van der Waals surface area contributed by atoms with Crippen molar-refractivity contribution in [3.05, 3.63) is 64.2 Å². The highest BCUT2D eigenvalue weighted by Crippen LogP contribution is 2.26. The maximum absolute atomic E-state index is 6.05. The minimum atomic E-state index is -0.00559. The minimum absolute atomic E-state index is 0.00559. The van der Waals surface area contributed by atoms with Crippen LogP contribution in [0.1, 0.15) is 29.7 Å². The molecule has 0 aliphatic carbocycles. The molecule has 0 radical (unpaired) electrons. The van der Waals surface area contributed by atoms with Crippen LogP contribution in [0.25, 0.3) is 0 Å². The van der Waals surface area contributed by atoms with E-state index >= 15 is 0 Å². The van der Waals surface area contributed by atoms with Crippen LogP contribution in [0, 0.1) is 13.8 Å². The minimum Gasteiger partial charge on any atom is -0.489 e. The summed E-state index contributed by atoms with van der Waals surface area (Å²) in [6.45, 7) is 6.36. The van der Waals surface area contributed by atoms with Gasteiger partial charge in [0.15, 0.2) is 0 Å². The smallest absolute Gasteiger partial charge is 0.121 e. The lowest BCUT2D eigenvalue weighted by Crippen LogP contribution is -2.32. The lowest BCUT2D eigenvalue weighted by Gasteiger charge is -2.27. The van der Waals surface area contributed by atoms with Crippen molar-refractivity contribution in [1.82, 2.24) is 5.32 Å². The van der Waals surface area contributed by atoms with E-state index in [1.165, 1.54) is 16.7 Å². The molecule has 2 aromatic rings. The number of benzene rings is 2. The Morgan fingerprint density at radius 1 is 1.10 bits per heavy atom. The highest BCUT2D eigenvalue weighted by molar-refractivity contribution is 6.30. The van der Waals surface area contributed by atoms with E-state index in [9.17, 15) is 0 Å². The van der Waals surface area contributed by atoms with Gasteiger partial charge in [-0.05, 0) is 62.7 Å². The molecule has 0 bridgehead atoms. The summed E-state index contributed by atoms with van der Waals surface area (Å²) in [5.74, 6) is 0.792. The Morgan fingerprint density at radius 2 is 1.81 bits per heavy atom. The number of halogens is 1. The first kappa shape index (κ1) is 15.9. The molecule has 1 N–H and O–H groups in total. The van der Waals surface area contributed by atoms with Crippen molar-refractivity contribution in [2.24, 2.45) is 0 Å². The van der Waals surface area contributed by atoms with Crippen molar-refractivity contribution in [3.63, 3.8) is 0 Å². The van der Waals surface area contributed by atoms with Crippen molar-refractivity contribution in [3.8, 4) is 5.75 Å². The first-order chi connectivity index (χ1) is 10.0. The second-order valence-electron chi connectivity index (χ2n) is 5.34. The fraction of sp³-hybridized carbons (Fsp3) is 0.333. The van der Waals surface area contributed by atoms with E-state index in [0.29, 0.717) is 5.02 Å². The van der Waals surface area contributed by atoms with Gasteiger partial charge in [0.05, 0.1) is 6.04 Å². The van der Waals surface area contributed by atoms with Crippen LogP contribution in [0.15, 0.2) is 42.5 Å².